The molecule has 0 aliphatic rings. The molecule has 7 nitrogen and oxygen atoms in total. The van der Waals surface area contributed by atoms with Crippen LogP contribution in [-0.2, 0) is 4.79 Å². The predicted octanol–water partition coefficient (Wildman–Crippen LogP) is 4.16. The van der Waals surface area contributed by atoms with Crippen molar-refractivity contribution in [3.63, 3.8) is 0 Å². The minimum Gasteiger partial charge on any atom is -0.378 e. The Hall–Kier alpha value is -3.39. The van der Waals surface area contributed by atoms with E-state index in [2.05, 4.69) is 20.9 Å². The van der Waals surface area contributed by atoms with Gasteiger partial charge in [-0.15, -0.1) is 11.3 Å². The van der Waals surface area contributed by atoms with E-state index < -0.39 is 0 Å². The molecule has 28 heavy (non-hydrogen) atoms. The van der Waals surface area contributed by atoms with Gasteiger partial charge in [0.2, 0.25) is 5.91 Å². The Labute approximate surface area is 167 Å². The summed E-state index contributed by atoms with van der Waals surface area (Å²) in [5.41, 5.74) is 3.61. The highest BCUT2D eigenvalue weighted by Crippen LogP contribution is 2.24. The van der Waals surface area contributed by atoms with Crippen LogP contribution in [0, 0.1) is 0 Å². The lowest BCUT2D eigenvalue weighted by Gasteiger charge is -2.13. The normalized spacial score (nSPS) is 10.2. The van der Waals surface area contributed by atoms with Gasteiger partial charge in [0.05, 0.1) is 0 Å². The van der Waals surface area contributed by atoms with Crippen molar-refractivity contribution in [3.8, 4) is 0 Å². The number of thiazole rings is 1. The van der Waals surface area contributed by atoms with Crippen molar-refractivity contribution < 1.29 is 9.59 Å². The molecular weight excluding hydrogens is 374 g/mol. The number of nitrogens with one attached hydrogen (secondary N) is 3. The van der Waals surface area contributed by atoms with Gasteiger partial charge in [0.1, 0.15) is 5.69 Å². The minimum atomic E-state index is -0.293. The molecule has 8 heteroatoms. The van der Waals surface area contributed by atoms with Crippen molar-refractivity contribution in [3.05, 3.63) is 59.6 Å². The molecule has 0 unspecified atom stereocenters. The van der Waals surface area contributed by atoms with Crippen LogP contribution < -0.4 is 20.9 Å². The molecule has 0 saturated heterocycles. The molecule has 0 fully saturated rings. The molecule has 2 amide bonds. The highest BCUT2D eigenvalue weighted by molar-refractivity contribution is 7.14. The maximum Gasteiger partial charge on any atom is 0.275 e. The number of amides is 2. The Morgan fingerprint density at radius 1 is 0.964 bits per heavy atom. The third kappa shape index (κ3) is 5.08. The molecule has 0 atom stereocenters. The number of benzene rings is 2. The maximum atomic E-state index is 12.4. The second-order valence-corrected chi connectivity index (χ2v) is 7.18. The first kappa shape index (κ1) is 19.4. The van der Waals surface area contributed by atoms with Gasteiger partial charge in [-0.2, -0.15) is 0 Å². The first-order valence-electron chi connectivity index (χ1n) is 8.59. The lowest BCUT2D eigenvalue weighted by molar-refractivity contribution is -0.114. The van der Waals surface area contributed by atoms with Crippen LogP contribution >= 0.6 is 11.3 Å². The monoisotopic (exact) mass is 395 g/mol. The van der Waals surface area contributed by atoms with Gasteiger partial charge in [0, 0.05) is 49.1 Å². The van der Waals surface area contributed by atoms with E-state index in [1.54, 1.807) is 29.6 Å². The Morgan fingerprint density at radius 2 is 1.64 bits per heavy atom. The quantitative estimate of drug-likeness (QED) is 0.583. The summed E-state index contributed by atoms with van der Waals surface area (Å²) in [6.45, 7) is 1.44. The number of anilines is 5. The first-order valence-corrected chi connectivity index (χ1v) is 9.47. The smallest absolute Gasteiger partial charge is 0.275 e. The highest BCUT2D eigenvalue weighted by atomic mass is 32.1. The van der Waals surface area contributed by atoms with E-state index in [9.17, 15) is 9.59 Å². The molecule has 144 valence electrons. The molecule has 0 radical (unpaired) electrons. The average Bonchev–Trinajstić information content (AvgIpc) is 3.12. The molecule has 1 aromatic heterocycles. The number of nitrogens with zero attached hydrogens (tertiary/aromatic N) is 2. The van der Waals surface area contributed by atoms with E-state index in [1.165, 1.54) is 18.3 Å². The van der Waals surface area contributed by atoms with E-state index in [0.717, 1.165) is 11.4 Å². The summed E-state index contributed by atoms with van der Waals surface area (Å²) in [7, 11) is 3.96. The lowest BCUT2D eigenvalue weighted by Crippen LogP contribution is -2.12. The third-order valence-electron chi connectivity index (χ3n) is 3.81. The first-order chi connectivity index (χ1) is 13.4. The molecule has 3 rings (SSSR count). The van der Waals surface area contributed by atoms with Crippen molar-refractivity contribution >= 4 is 51.0 Å². The fourth-order valence-corrected chi connectivity index (χ4v) is 3.17. The summed E-state index contributed by atoms with van der Waals surface area (Å²) in [5, 5.41) is 11.1. The molecule has 0 aliphatic heterocycles. The number of carbonyl (C=O) groups excluding carboxylic acids is 2. The summed E-state index contributed by atoms with van der Waals surface area (Å²) in [4.78, 5) is 29.8. The molecule has 0 bridgehead atoms. The number of hydrogen-bond donors (Lipinski definition) is 3. The third-order valence-corrected chi connectivity index (χ3v) is 4.57. The minimum absolute atomic E-state index is 0.143. The predicted molar refractivity (Wildman–Crippen MR) is 115 cm³/mol. The van der Waals surface area contributed by atoms with Crippen LogP contribution in [0.25, 0.3) is 0 Å². The molecule has 3 N–H and O–H groups in total. The van der Waals surface area contributed by atoms with Crippen molar-refractivity contribution in [2.45, 2.75) is 6.92 Å². The zero-order valence-electron chi connectivity index (χ0n) is 15.8. The second-order valence-electron chi connectivity index (χ2n) is 6.32. The Morgan fingerprint density at radius 3 is 2.29 bits per heavy atom. The SMILES string of the molecule is CC(=O)Nc1ccc(NC(=O)c2csc(Nc3cccc(N(C)C)c3)n2)cc1. The Kier molecular flexibility index (Phi) is 5.90. The van der Waals surface area contributed by atoms with Crippen molar-refractivity contribution in [1.82, 2.24) is 4.98 Å². The molecule has 3 aromatic rings. The summed E-state index contributed by atoms with van der Waals surface area (Å²) in [6.07, 6.45) is 0. The molecule has 0 aliphatic carbocycles. The van der Waals surface area contributed by atoms with Gasteiger partial charge in [-0.3, -0.25) is 9.59 Å². The average molecular weight is 395 g/mol. The van der Waals surface area contributed by atoms with Gasteiger partial charge in [-0.1, -0.05) is 6.07 Å². The van der Waals surface area contributed by atoms with Crippen molar-refractivity contribution in [2.24, 2.45) is 0 Å². The van der Waals surface area contributed by atoms with Crippen LogP contribution in [0.5, 0.6) is 0 Å². The van der Waals surface area contributed by atoms with Gasteiger partial charge in [-0.05, 0) is 42.5 Å². The van der Waals surface area contributed by atoms with Crippen LogP contribution in [0.3, 0.4) is 0 Å². The summed E-state index contributed by atoms with van der Waals surface area (Å²) < 4.78 is 0. The van der Waals surface area contributed by atoms with E-state index >= 15 is 0 Å². The van der Waals surface area contributed by atoms with E-state index in [0.29, 0.717) is 22.2 Å². The highest BCUT2D eigenvalue weighted by Gasteiger charge is 2.12. The zero-order chi connectivity index (χ0) is 20.1. The second kappa shape index (κ2) is 8.53. The van der Waals surface area contributed by atoms with Crippen molar-refractivity contribution in [1.29, 1.82) is 0 Å². The molecule has 0 saturated carbocycles. The van der Waals surface area contributed by atoms with Crippen LogP contribution in [-0.4, -0.2) is 30.9 Å². The molecule has 2 aromatic carbocycles. The van der Waals surface area contributed by atoms with E-state index in [1.807, 2.05) is 43.3 Å². The standard InChI is InChI=1S/C20H21N5O2S/c1-13(26)21-14-7-9-15(10-8-14)22-19(27)18-12-28-20(24-18)23-16-5-4-6-17(11-16)25(2)3/h4-12H,1-3H3,(H,21,26)(H,22,27)(H,23,24). The lowest BCUT2D eigenvalue weighted by atomic mass is 10.2. The van der Waals surface area contributed by atoms with Gasteiger partial charge >= 0.3 is 0 Å². The fourth-order valence-electron chi connectivity index (χ4n) is 2.46. The zero-order valence-corrected chi connectivity index (χ0v) is 16.6. The fraction of sp³-hybridized carbons (Fsp3) is 0.150. The van der Waals surface area contributed by atoms with Crippen LogP contribution in [0.2, 0.25) is 0 Å². The molecule has 1 heterocycles. The number of carbonyl (C=O) groups is 2. The maximum absolute atomic E-state index is 12.4. The van der Waals surface area contributed by atoms with E-state index in [-0.39, 0.29) is 11.8 Å². The Balaban J connectivity index is 1.64. The van der Waals surface area contributed by atoms with E-state index in [4.69, 9.17) is 0 Å². The topological polar surface area (TPSA) is 86.4 Å². The van der Waals surface area contributed by atoms with Crippen LogP contribution in [0.1, 0.15) is 17.4 Å². The molecule has 0 spiro atoms. The largest absolute Gasteiger partial charge is 0.378 e. The molecular formula is C20H21N5O2S. The number of rotatable bonds is 6. The number of hydrogen-bond acceptors (Lipinski definition) is 6. The summed E-state index contributed by atoms with van der Waals surface area (Å²) in [6, 6.07) is 14.8. The Bertz CT molecular complexity index is 982. The van der Waals surface area contributed by atoms with Crippen LogP contribution in [0.4, 0.5) is 27.9 Å². The van der Waals surface area contributed by atoms with Crippen LogP contribution in [0.15, 0.2) is 53.9 Å². The van der Waals surface area contributed by atoms with Gasteiger partial charge in [-0.25, -0.2) is 4.98 Å². The van der Waals surface area contributed by atoms with Crippen molar-refractivity contribution in [2.75, 3.05) is 34.9 Å². The summed E-state index contributed by atoms with van der Waals surface area (Å²) >= 11 is 1.36. The summed E-state index contributed by atoms with van der Waals surface area (Å²) in [5.74, 6) is -0.436. The van der Waals surface area contributed by atoms with Gasteiger partial charge in [0.25, 0.3) is 5.91 Å². The van der Waals surface area contributed by atoms with Gasteiger partial charge < -0.3 is 20.9 Å². The van der Waals surface area contributed by atoms with Gasteiger partial charge in [0.15, 0.2) is 5.13 Å². The number of aromatic nitrogens is 1.